The molecule has 1 aliphatic heterocycles. The number of hydrogen-bond acceptors (Lipinski definition) is 6. The summed E-state index contributed by atoms with van der Waals surface area (Å²) in [5.41, 5.74) is 4.12. The molecule has 0 radical (unpaired) electrons. The standard InChI is InChI=1S/C32H45N5O3/c1-23(2)14-18-36(19-15-24(3)4)30(38)27-12-13-28-29(20-27)37(22-35-16-6-7-17-35)32(34-28)33-21-25-8-10-26(11-9-25)31(39)40-5/h8-13,20,23-24H,6-7,14-19,21-22H2,1-5H3,(H,33,34). The molecule has 0 unspecified atom stereocenters. The Hall–Kier alpha value is -3.39. The molecule has 4 rings (SSSR count). The number of esters is 1. The summed E-state index contributed by atoms with van der Waals surface area (Å²) in [5, 5.41) is 3.51. The normalized spacial score (nSPS) is 13.9. The molecule has 8 heteroatoms. The minimum absolute atomic E-state index is 0.0947. The number of likely N-dealkylation sites (tertiary alicyclic amines) is 1. The van der Waals surface area contributed by atoms with Gasteiger partial charge < -0.3 is 15.0 Å². The summed E-state index contributed by atoms with van der Waals surface area (Å²) in [6.07, 6.45) is 4.39. The molecule has 3 aromatic rings. The van der Waals surface area contributed by atoms with Crippen molar-refractivity contribution in [3.8, 4) is 0 Å². The number of carbonyl (C=O) groups is 2. The number of aromatic nitrogens is 2. The lowest BCUT2D eigenvalue weighted by Gasteiger charge is -2.25. The second kappa shape index (κ2) is 13.8. The van der Waals surface area contributed by atoms with Gasteiger partial charge in [-0.05, 0) is 86.5 Å². The van der Waals surface area contributed by atoms with Crippen LogP contribution in [0.25, 0.3) is 11.0 Å². The molecule has 1 aromatic heterocycles. The average Bonchev–Trinajstić information content (AvgIpc) is 3.59. The predicted molar refractivity (Wildman–Crippen MR) is 160 cm³/mol. The van der Waals surface area contributed by atoms with Gasteiger partial charge in [-0.3, -0.25) is 14.3 Å². The van der Waals surface area contributed by atoms with Crippen molar-refractivity contribution in [2.45, 2.75) is 66.6 Å². The largest absolute Gasteiger partial charge is 0.465 e. The van der Waals surface area contributed by atoms with Crippen LogP contribution < -0.4 is 5.32 Å². The highest BCUT2D eigenvalue weighted by Gasteiger charge is 2.21. The van der Waals surface area contributed by atoms with Crippen LogP contribution in [0.4, 0.5) is 5.95 Å². The Balaban J connectivity index is 1.60. The topological polar surface area (TPSA) is 79.7 Å². The van der Waals surface area contributed by atoms with Crippen molar-refractivity contribution < 1.29 is 14.3 Å². The summed E-state index contributed by atoms with van der Waals surface area (Å²) >= 11 is 0. The molecular formula is C32H45N5O3. The summed E-state index contributed by atoms with van der Waals surface area (Å²) in [4.78, 5) is 34.9. The van der Waals surface area contributed by atoms with E-state index in [1.807, 2.05) is 35.2 Å². The summed E-state index contributed by atoms with van der Waals surface area (Å²) in [5.74, 6) is 1.62. The fourth-order valence-corrected chi connectivity index (χ4v) is 5.04. The first kappa shape index (κ1) is 29.6. The van der Waals surface area contributed by atoms with Crippen molar-refractivity contribution in [2.24, 2.45) is 11.8 Å². The van der Waals surface area contributed by atoms with Crippen LogP contribution in [0.5, 0.6) is 0 Å². The summed E-state index contributed by atoms with van der Waals surface area (Å²) in [6, 6.07) is 13.3. The first-order valence-electron chi connectivity index (χ1n) is 14.7. The molecule has 2 heterocycles. The monoisotopic (exact) mass is 547 g/mol. The minimum Gasteiger partial charge on any atom is -0.465 e. The molecule has 1 N–H and O–H groups in total. The van der Waals surface area contributed by atoms with Gasteiger partial charge in [0.25, 0.3) is 5.91 Å². The van der Waals surface area contributed by atoms with E-state index in [2.05, 4.69) is 42.5 Å². The van der Waals surface area contributed by atoms with E-state index in [0.29, 0.717) is 29.5 Å². The number of carbonyl (C=O) groups excluding carboxylic acids is 2. The number of hydrogen-bond donors (Lipinski definition) is 1. The van der Waals surface area contributed by atoms with Gasteiger partial charge in [-0.1, -0.05) is 39.8 Å². The molecule has 40 heavy (non-hydrogen) atoms. The number of fused-ring (bicyclic) bond motifs is 1. The average molecular weight is 548 g/mol. The first-order chi connectivity index (χ1) is 19.2. The van der Waals surface area contributed by atoms with Crippen LogP contribution in [0.3, 0.4) is 0 Å². The van der Waals surface area contributed by atoms with Gasteiger partial charge in [0, 0.05) is 25.2 Å². The van der Waals surface area contributed by atoms with Gasteiger partial charge in [0.2, 0.25) is 5.95 Å². The first-order valence-corrected chi connectivity index (χ1v) is 14.7. The van der Waals surface area contributed by atoms with Gasteiger partial charge in [-0.2, -0.15) is 0 Å². The van der Waals surface area contributed by atoms with Crippen LogP contribution in [-0.4, -0.2) is 64.5 Å². The third-order valence-electron chi connectivity index (χ3n) is 7.60. The maximum Gasteiger partial charge on any atom is 0.337 e. The number of rotatable bonds is 13. The Kier molecular flexibility index (Phi) is 10.2. The minimum atomic E-state index is -0.343. The SMILES string of the molecule is COC(=O)c1ccc(CNc2nc3ccc(C(=O)N(CCC(C)C)CCC(C)C)cc3n2CN2CCCC2)cc1. The highest BCUT2D eigenvalue weighted by molar-refractivity contribution is 5.97. The van der Waals surface area contributed by atoms with Crippen LogP contribution in [-0.2, 0) is 18.0 Å². The lowest BCUT2D eigenvalue weighted by molar-refractivity contribution is 0.0600. The van der Waals surface area contributed by atoms with Crippen LogP contribution in [0.2, 0.25) is 0 Å². The second-order valence-electron chi connectivity index (χ2n) is 11.7. The van der Waals surface area contributed by atoms with Gasteiger partial charge in [0.05, 0.1) is 30.4 Å². The lowest BCUT2D eigenvalue weighted by Crippen LogP contribution is -2.34. The van der Waals surface area contributed by atoms with Gasteiger partial charge in [-0.25, -0.2) is 9.78 Å². The van der Waals surface area contributed by atoms with E-state index in [4.69, 9.17) is 9.72 Å². The van der Waals surface area contributed by atoms with Crippen molar-refractivity contribution in [1.82, 2.24) is 19.4 Å². The van der Waals surface area contributed by atoms with Crippen molar-refractivity contribution in [3.05, 3.63) is 59.2 Å². The van der Waals surface area contributed by atoms with Crippen molar-refractivity contribution in [3.63, 3.8) is 0 Å². The Morgan fingerprint density at radius 3 is 2.17 bits per heavy atom. The van der Waals surface area contributed by atoms with Crippen molar-refractivity contribution >= 4 is 28.9 Å². The van der Waals surface area contributed by atoms with Gasteiger partial charge in [0.15, 0.2) is 0 Å². The fraction of sp³-hybridized carbons (Fsp3) is 0.531. The molecular weight excluding hydrogens is 502 g/mol. The third kappa shape index (κ3) is 7.62. The van der Waals surface area contributed by atoms with Gasteiger partial charge in [-0.15, -0.1) is 0 Å². The maximum absolute atomic E-state index is 13.7. The summed E-state index contributed by atoms with van der Waals surface area (Å²) in [6.45, 7) is 13.8. The van der Waals surface area contributed by atoms with E-state index in [0.717, 1.165) is 68.2 Å². The molecule has 1 saturated heterocycles. The number of amides is 1. The van der Waals surface area contributed by atoms with Crippen LogP contribution >= 0.6 is 0 Å². The number of methoxy groups -OCH3 is 1. The number of imidazole rings is 1. The van der Waals surface area contributed by atoms with E-state index in [1.165, 1.54) is 20.0 Å². The summed E-state index contributed by atoms with van der Waals surface area (Å²) in [7, 11) is 1.39. The molecule has 0 aliphatic carbocycles. The van der Waals surface area contributed by atoms with Crippen LogP contribution in [0.15, 0.2) is 42.5 Å². The number of benzene rings is 2. The van der Waals surface area contributed by atoms with E-state index in [9.17, 15) is 9.59 Å². The zero-order valence-electron chi connectivity index (χ0n) is 24.8. The molecule has 216 valence electrons. The zero-order valence-corrected chi connectivity index (χ0v) is 24.8. The van der Waals surface area contributed by atoms with Crippen LogP contribution in [0, 0.1) is 11.8 Å². The Labute approximate surface area is 238 Å². The van der Waals surface area contributed by atoms with E-state index < -0.39 is 0 Å². The highest BCUT2D eigenvalue weighted by atomic mass is 16.5. The Bertz CT molecular complexity index is 1260. The summed E-state index contributed by atoms with van der Waals surface area (Å²) < 4.78 is 7.01. The molecule has 2 aromatic carbocycles. The van der Waals surface area contributed by atoms with E-state index in [-0.39, 0.29) is 11.9 Å². The molecule has 1 fully saturated rings. The molecule has 1 amide bonds. The molecule has 0 atom stereocenters. The van der Waals surface area contributed by atoms with Crippen molar-refractivity contribution in [1.29, 1.82) is 0 Å². The Morgan fingerprint density at radius 1 is 0.950 bits per heavy atom. The van der Waals surface area contributed by atoms with E-state index >= 15 is 0 Å². The lowest BCUT2D eigenvalue weighted by atomic mass is 10.1. The molecule has 1 aliphatic rings. The van der Waals surface area contributed by atoms with Gasteiger partial charge >= 0.3 is 5.97 Å². The number of ether oxygens (including phenoxy) is 1. The maximum atomic E-state index is 13.7. The molecule has 0 spiro atoms. The Morgan fingerprint density at radius 2 is 1.57 bits per heavy atom. The third-order valence-corrected chi connectivity index (χ3v) is 7.60. The molecule has 0 saturated carbocycles. The highest BCUT2D eigenvalue weighted by Crippen LogP contribution is 2.25. The molecule has 8 nitrogen and oxygen atoms in total. The predicted octanol–water partition coefficient (Wildman–Crippen LogP) is 6.02. The number of nitrogens with one attached hydrogen (secondary N) is 1. The van der Waals surface area contributed by atoms with Gasteiger partial charge in [0.1, 0.15) is 0 Å². The second-order valence-corrected chi connectivity index (χ2v) is 11.7. The quantitative estimate of drug-likeness (QED) is 0.264. The van der Waals surface area contributed by atoms with E-state index in [1.54, 1.807) is 12.1 Å². The number of anilines is 1. The fourth-order valence-electron chi connectivity index (χ4n) is 5.04. The zero-order chi connectivity index (χ0) is 28.6. The van der Waals surface area contributed by atoms with Crippen LogP contribution in [0.1, 0.15) is 79.7 Å². The smallest absolute Gasteiger partial charge is 0.337 e. The van der Waals surface area contributed by atoms with Crippen molar-refractivity contribution in [2.75, 3.05) is 38.6 Å². The molecule has 0 bridgehead atoms. The number of nitrogens with zero attached hydrogens (tertiary/aromatic N) is 4.